The first-order valence-electron chi connectivity index (χ1n) is 6.28. The third kappa shape index (κ3) is 1.92. The van der Waals surface area contributed by atoms with Crippen molar-refractivity contribution >= 4 is 11.4 Å². The topological polar surface area (TPSA) is 42.1 Å². The van der Waals surface area contributed by atoms with E-state index >= 15 is 0 Å². The van der Waals surface area contributed by atoms with Crippen LogP contribution in [0.15, 0.2) is 36.5 Å². The maximum atomic E-state index is 6.02. The summed E-state index contributed by atoms with van der Waals surface area (Å²) in [5.41, 5.74) is 11.9. The Morgan fingerprint density at radius 1 is 1.28 bits per heavy atom. The highest BCUT2D eigenvalue weighted by Crippen LogP contribution is 2.27. The Kier molecular flexibility index (Phi) is 2.67. The van der Waals surface area contributed by atoms with Gasteiger partial charge in [-0.2, -0.15) is 0 Å². The van der Waals surface area contributed by atoms with Gasteiger partial charge in [0, 0.05) is 36.4 Å². The molecule has 3 nitrogen and oxygen atoms in total. The second kappa shape index (κ2) is 4.33. The Labute approximate surface area is 107 Å². The number of anilines is 2. The van der Waals surface area contributed by atoms with Gasteiger partial charge in [0.15, 0.2) is 0 Å². The number of nitrogen functional groups attached to an aromatic ring is 1. The average Bonchev–Trinajstić information content (AvgIpc) is 2.39. The molecule has 1 aliphatic heterocycles. The first-order valence-corrected chi connectivity index (χ1v) is 6.28. The van der Waals surface area contributed by atoms with Crippen molar-refractivity contribution in [3.8, 4) is 0 Å². The maximum Gasteiger partial charge on any atom is 0.0433 e. The van der Waals surface area contributed by atoms with Gasteiger partial charge in [-0.25, -0.2) is 0 Å². The third-order valence-electron chi connectivity index (χ3n) is 3.55. The first kappa shape index (κ1) is 11.1. The fourth-order valence-electron chi connectivity index (χ4n) is 2.59. The Balaban J connectivity index is 1.91. The molecule has 3 rings (SSSR count). The number of aromatic nitrogens is 1. The highest BCUT2D eigenvalue weighted by Gasteiger charge is 2.18. The summed E-state index contributed by atoms with van der Waals surface area (Å²) in [6, 6.07) is 10.4. The normalized spacial score (nSPS) is 14.4. The number of fused-ring (bicyclic) bond motifs is 1. The van der Waals surface area contributed by atoms with E-state index in [0.717, 1.165) is 30.9 Å². The SMILES string of the molecule is Cc1cc(N2CCc3c(N)cccc3C2)ccn1. The molecule has 1 aliphatic rings. The van der Waals surface area contributed by atoms with Gasteiger partial charge in [-0.1, -0.05) is 12.1 Å². The lowest BCUT2D eigenvalue weighted by Gasteiger charge is -2.31. The van der Waals surface area contributed by atoms with Gasteiger partial charge in [-0.3, -0.25) is 4.98 Å². The molecule has 0 fully saturated rings. The summed E-state index contributed by atoms with van der Waals surface area (Å²) in [5, 5.41) is 0. The standard InChI is InChI=1S/C15H17N3/c1-11-9-13(5-7-17-11)18-8-6-14-12(10-18)3-2-4-15(14)16/h2-5,7,9H,6,8,10,16H2,1H3. The van der Waals surface area contributed by atoms with E-state index in [1.165, 1.54) is 16.8 Å². The van der Waals surface area contributed by atoms with Crippen LogP contribution in [0.1, 0.15) is 16.8 Å². The van der Waals surface area contributed by atoms with Crippen LogP contribution in [0.25, 0.3) is 0 Å². The summed E-state index contributed by atoms with van der Waals surface area (Å²) < 4.78 is 0. The molecule has 0 amide bonds. The number of rotatable bonds is 1. The molecule has 0 atom stereocenters. The molecule has 2 N–H and O–H groups in total. The van der Waals surface area contributed by atoms with E-state index < -0.39 is 0 Å². The van der Waals surface area contributed by atoms with Crippen LogP contribution >= 0.6 is 0 Å². The van der Waals surface area contributed by atoms with E-state index in [0.29, 0.717) is 0 Å². The number of nitrogens with zero attached hydrogens (tertiary/aromatic N) is 2. The van der Waals surface area contributed by atoms with Gasteiger partial charge in [-0.05, 0) is 42.7 Å². The number of nitrogens with two attached hydrogens (primary N) is 1. The zero-order chi connectivity index (χ0) is 12.5. The zero-order valence-electron chi connectivity index (χ0n) is 10.6. The Morgan fingerprint density at radius 3 is 3.00 bits per heavy atom. The van der Waals surface area contributed by atoms with Crippen molar-refractivity contribution < 1.29 is 0 Å². The van der Waals surface area contributed by atoms with Gasteiger partial charge in [0.25, 0.3) is 0 Å². The van der Waals surface area contributed by atoms with Crippen LogP contribution in [0.2, 0.25) is 0 Å². The Morgan fingerprint density at radius 2 is 2.17 bits per heavy atom. The highest BCUT2D eigenvalue weighted by atomic mass is 15.1. The van der Waals surface area contributed by atoms with Crippen LogP contribution in [-0.4, -0.2) is 11.5 Å². The van der Waals surface area contributed by atoms with Crippen molar-refractivity contribution in [3.05, 3.63) is 53.3 Å². The van der Waals surface area contributed by atoms with E-state index in [4.69, 9.17) is 5.73 Å². The van der Waals surface area contributed by atoms with Gasteiger partial charge in [0.2, 0.25) is 0 Å². The molecule has 0 spiro atoms. The molecule has 0 radical (unpaired) electrons. The summed E-state index contributed by atoms with van der Waals surface area (Å²) >= 11 is 0. The minimum Gasteiger partial charge on any atom is -0.398 e. The van der Waals surface area contributed by atoms with Crippen LogP contribution in [0, 0.1) is 6.92 Å². The molecule has 0 unspecified atom stereocenters. The lowest BCUT2D eigenvalue weighted by Crippen LogP contribution is -2.30. The molecule has 0 saturated heterocycles. The van der Waals surface area contributed by atoms with Gasteiger partial charge in [-0.15, -0.1) is 0 Å². The second-order valence-corrected chi connectivity index (χ2v) is 4.81. The van der Waals surface area contributed by atoms with Crippen LogP contribution in [0.3, 0.4) is 0 Å². The largest absolute Gasteiger partial charge is 0.398 e. The molecule has 0 saturated carbocycles. The quantitative estimate of drug-likeness (QED) is 0.778. The Bertz CT molecular complexity index is 578. The van der Waals surface area contributed by atoms with Crippen LogP contribution in [-0.2, 0) is 13.0 Å². The van der Waals surface area contributed by atoms with E-state index in [1.807, 2.05) is 25.3 Å². The number of hydrogen-bond donors (Lipinski definition) is 1. The Hall–Kier alpha value is -2.03. The molecule has 3 heteroatoms. The van der Waals surface area contributed by atoms with Crippen molar-refractivity contribution in [2.24, 2.45) is 0 Å². The highest BCUT2D eigenvalue weighted by molar-refractivity contribution is 5.56. The molecule has 1 aromatic heterocycles. The number of pyridine rings is 1. The molecule has 2 heterocycles. The maximum absolute atomic E-state index is 6.02. The minimum atomic E-state index is 0.929. The predicted molar refractivity (Wildman–Crippen MR) is 74.6 cm³/mol. The number of hydrogen-bond acceptors (Lipinski definition) is 3. The van der Waals surface area contributed by atoms with Crippen molar-refractivity contribution in [3.63, 3.8) is 0 Å². The fraction of sp³-hybridized carbons (Fsp3) is 0.267. The van der Waals surface area contributed by atoms with Gasteiger partial charge in [0.1, 0.15) is 0 Å². The van der Waals surface area contributed by atoms with Crippen molar-refractivity contribution in [2.45, 2.75) is 19.9 Å². The molecule has 0 bridgehead atoms. The second-order valence-electron chi connectivity index (χ2n) is 4.81. The molecule has 0 aliphatic carbocycles. The van der Waals surface area contributed by atoms with E-state index in [9.17, 15) is 0 Å². The number of aryl methyl sites for hydroxylation is 1. The van der Waals surface area contributed by atoms with Gasteiger partial charge in [0.05, 0.1) is 0 Å². The van der Waals surface area contributed by atoms with E-state index in [2.05, 4.69) is 28.1 Å². The van der Waals surface area contributed by atoms with Crippen molar-refractivity contribution in [2.75, 3.05) is 17.2 Å². The van der Waals surface area contributed by atoms with E-state index in [1.54, 1.807) is 0 Å². The van der Waals surface area contributed by atoms with Gasteiger partial charge < -0.3 is 10.6 Å². The van der Waals surface area contributed by atoms with Crippen LogP contribution in [0.5, 0.6) is 0 Å². The molecule has 18 heavy (non-hydrogen) atoms. The molecule has 1 aromatic carbocycles. The minimum absolute atomic E-state index is 0.929. The smallest absolute Gasteiger partial charge is 0.0433 e. The number of benzene rings is 1. The summed E-state index contributed by atoms with van der Waals surface area (Å²) in [6.07, 6.45) is 2.89. The molecule has 92 valence electrons. The summed E-state index contributed by atoms with van der Waals surface area (Å²) in [4.78, 5) is 6.63. The van der Waals surface area contributed by atoms with E-state index in [-0.39, 0.29) is 0 Å². The molecule has 2 aromatic rings. The summed E-state index contributed by atoms with van der Waals surface area (Å²) in [7, 11) is 0. The summed E-state index contributed by atoms with van der Waals surface area (Å²) in [6.45, 7) is 3.98. The summed E-state index contributed by atoms with van der Waals surface area (Å²) in [5.74, 6) is 0. The molecular formula is C15H17N3. The lowest BCUT2D eigenvalue weighted by atomic mass is 9.97. The predicted octanol–water partition coefficient (Wildman–Crippen LogP) is 2.53. The van der Waals surface area contributed by atoms with Crippen molar-refractivity contribution in [1.82, 2.24) is 4.98 Å². The third-order valence-corrected chi connectivity index (χ3v) is 3.55. The van der Waals surface area contributed by atoms with Crippen LogP contribution < -0.4 is 10.6 Å². The molecular weight excluding hydrogens is 222 g/mol. The van der Waals surface area contributed by atoms with Gasteiger partial charge >= 0.3 is 0 Å². The lowest BCUT2D eigenvalue weighted by molar-refractivity contribution is 0.732. The van der Waals surface area contributed by atoms with Crippen LogP contribution in [0.4, 0.5) is 11.4 Å². The fourth-order valence-corrected chi connectivity index (χ4v) is 2.59. The average molecular weight is 239 g/mol. The first-order chi connectivity index (χ1) is 8.74. The zero-order valence-corrected chi connectivity index (χ0v) is 10.6. The van der Waals surface area contributed by atoms with Crippen molar-refractivity contribution in [1.29, 1.82) is 0 Å². The monoisotopic (exact) mass is 239 g/mol.